The number of rotatable bonds is 9. The number of carboxylic acid groups (broad SMARTS) is 2. The highest BCUT2D eigenvalue weighted by molar-refractivity contribution is 6.31. The van der Waals surface area contributed by atoms with Gasteiger partial charge in [-0.25, -0.2) is 28.9 Å². The number of piperazine rings is 1. The Morgan fingerprint density at radius 3 is 2.12 bits per heavy atom. The zero-order valence-corrected chi connectivity index (χ0v) is 30.9. The zero-order valence-electron chi connectivity index (χ0n) is 30.1. The number of fused-ring (bicyclic) bond motifs is 1. The molecule has 2 amide bonds. The van der Waals surface area contributed by atoms with E-state index < -0.39 is 36.3 Å². The van der Waals surface area contributed by atoms with Crippen LogP contribution in [0.15, 0.2) is 42.6 Å². The van der Waals surface area contributed by atoms with Gasteiger partial charge in [-0.2, -0.15) is 26.3 Å². The van der Waals surface area contributed by atoms with Gasteiger partial charge in [0.25, 0.3) is 11.7 Å². The van der Waals surface area contributed by atoms with Crippen LogP contribution in [0.4, 0.5) is 43.8 Å². The topological polar surface area (TPSA) is 250 Å². The number of pyridine rings is 1. The number of carbonyl (C=O) groups excluding carboxylic acids is 3. The zero-order chi connectivity index (χ0) is 42.8. The Morgan fingerprint density at radius 2 is 1.61 bits per heavy atom. The summed E-state index contributed by atoms with van der Waals surface area (Å²) in [5, 5.41) is 28.9. The predicted molar refractivity (Wildman–Crippen MR) is 188 cm³/mol. The number of aryl methyl sites for hydroxylation is 1. The highest BCUT2D eigenvalue weighted by Crippen LogP contribution is 2.21. The van der Waals surface area contributed by atoms with E-state index in [1.165, 1.54) is 0 Å². The number of benzene rings is 1. The van der Waals surface area contributed by atoms with Crippen LogP contribution in [0.1, 0.15) is 35.7 Å². The number of anilines is 3. The summed E-state index contributed by atoms with van der Waals surface area (Å²) in [4.78, 5) is 60.3. The number of nitrogen functional groups attached to an aromatic ring is 2. The summed E-state index contributed by atoms with van der Waals surface area (Å²) in [5.41, 5.74) is 14.0. The van der Waals surface area contributed by atoms with Crippen LogP contribution in [0, 0.1) is 0 Å². The summed E-state index contributed by atoms with van der Waals surface area (Å²) in [6, 6.07) is 11.7. The third kappa shape index (κ3) is 12.5. The second-order valence-electron chi connectivity index (χ2n) is 12.1. The number of nitrogens with zero attached hydrogens (tertiary/aromatic N) is 7. The molecule has 1 fully saturated rings. The van der Waals surface area contributed by atoms with Gasteiger partial charge in [-0.15, -0.1) is 0 Å². The lowest BCUT2D eigenvalue weighted by Crippen LogP contribution is -2.49. The first kappa shape index (κ1) is 45.4. The van der Waals surface area contributed by atoms with Gasteiger partial charge in [0.05, 0.1) is 19.1 Å². The van der Waals surface area contributed by atoms with Crippen LogP contribution in [-0.2, 0) is 40.4 Å². The number of aromatic nitrogens is 5. The fourth-order valence-corrected chi connectivity index (χ4v) is 5.55. The van der Waals surface area contributed by atoms with Crippen molar-refractivity contribution in [1.82, 2.24) is 29.7 Å². The number of aliphatic hydroxyl groups excluding tert-OH is 1. The normalized spacial score (nSPS) is 13.5. The molecule has 7 N–H and O–H groups in total. The van der Waals surface area contributed by atoms with Crippen molar-refractivity contribution in [2.24, 2.45) is 0 Å². The van der Waals surface area contributed by atoms with Crippen LogP contribution in [0.5, 0.6) is 0 Å². The van der Waals surface area contributed by atoms with Crippen molar-refractivity contribution in [3.63, 3.8) is 0 Å². The number of halogens is 7. The molecule has 4 aromatic rings. The molecule has 4 heterocycles. The Kier molecular flexibility index (Phi) is 15.3. The number of carbonyl (C=O) groups is 4. The number of aliphatic carboxylic acids is 2. The molecule has 0 unspecified atom stereocenters. The van der Waals surface area contributed by atoms with Gasteiger partial charge < -0.3 is 46.7 Å². The first-order valence-electron chi connectivity index (χ1n) is 16.7. The largest absolute Gasteiger partial charge is 0.542 e. The van der Waals surface area contributed by atoms with Gasteiger partial charge in [-0.1, -0.05) is 23.7 Å². The molecule has 0 saturated carbocycles. The van der Waals surface area contributed by atoms with E-state index in [9.17, 15) is 41.0 Å². The minimum absolute atomic E-state index is 0.0577. The first-order chi connectivity index (χ1) is 26.5. The Hall–Kier alpha value is -5.97. The molecule has 310 valence electrons. The van der Waals surface area contributed by atoms with Gasteiger partial charge in [-0.3, -0.25) is 9.59 Å². The third-order valence-corrected chi connectivity index (χ3v) is 8.25. The molecule has 0 radical (unpaired) electrons. The molecule has 1 aliphatic rings. The molecule has 57 heavy (non-hydrogen) atoms. The fourth-order valence-electron chi connectivity index (χ4n) is 5.42. The van der Waals surface area contributed by atoms with Crippen molar-refractivity contribution in [1.29, 1.82) is 0 Å². The number of nitrogens with one attached hydrogen (secondary N) is 1. The summed E-state index contributed by atoms with van der Waals surface area (Å²) in [5.74, 6) is -4.75. The van der Waals surface area contributed by atoms with Gasteiger partial charge >= 0.3 is 18.3 Å². The molecule has 17 nitrogen and oxygen atoms in total. The second kappa shape index (κ2) is 19.3. The van der Waals surface area contributed by atoms with Gasteiger partial charge in [0.1, 0.15) is 24.9 Å². The predicted octanol–water partition coefficient (Wildman–Crippen LogP) is 1.09. The van der Waals surface area contributed by atoms with Crippen LogP contribution >= 0.6 is 11.6 Å². The first-order valence-corrected chi connectivity index (χ1v) is 17.0. The number of hydrogen-bond acceptors (Lipinski definition) is 12. The average molecular weight is 835 g/mol. The van der Waals surface area contributed by atoms with Gasteiger partial charge in [0, 0.05) is 32.4 Å². The van der Waals surface area contributed by atoms with Crippen LogP contribution in [-0.4, -0.2) is 103 Å². The highest BCUT2D eigenvalue weighted by Gasteiger charge is 2.38. The maximum atomic E-state index is 13.3. The molecule has 24 heteroatoms. The number of carboxylic acids is 2. The highest BCUT2D eigenvalue weighted by atomic mass is 35.5. The number of imidazole rings is 1. The van der Waals surface area contributed by atoms with Crippen molar-refractivity contribution in [3.05, 3.63) is 64.8 Å². The molecule has 1 atom stereocenters. The Balaban J connectivity index is 0.000000531. The van der Waals surface area contributed by atoms with E-state index in [4.69, 9.17) is 42.9 Å². The van der Waals surface area contributed by atoms with E-state index in [2.05, 4.69) is 29.7 Å². The van der Waals surface area contributed by atoms with Crippen LogP contribution in [0.3, 0.4) is 0 Å². The molecule has 1 aromatic carbocycles. The van der Waals surface area contributed by atoms with Crippen molar-refractivity contribution < 1.29 is 65.4 Å². The van der Waals surface area contributed by atoms with E-state index >= 15 is 0 Å². The summed E-state index contributed by atoms with van der Waals surface area (Å²) in [6.07, 6.45) is -8.87. The van der Waals surface area contributed by atoms with Gasteiger partial charge in [0.2, 0.25) is 5.91 Å². The summed E-state index contributed by atoms with van der Waals surface area (Å²) >= 11 is 5.96. The number of aliphatic hydroxyl groups is 1. The van der Waals surface area contributed by atoms with Gasteiger partial charge in [-0.05, 0) is 43.7 Å². The number of amides is 2. The van der Waals surface area contributed by atoms with Crippen molar-refractivity contribution >= 4 is 63.8 Å². The van der Waals surface area contributed by atoms with Crippen LogP contribution < -0.4 is 31.4 Å². The minimum atomic E-state index is -5.19. The van der Waals surface area contributed by atoms with Crippen LogP contribution in [0.2, 0.25) is 5.15 Å². The smallest absolute Gasteiger partial charge is 0.490 e. The molecular weight excluding hydrogens is 798 g/mol. The lowest BCUT2D eigenvalue weighted by molar-refractivity contribution is -0.686. The summed E-state index contributed by atoms with van der Waals surface area (Å²) in [7, 11) is 0. The number of alkyl halides is 6. The van der Waals surface area contributed by atoms with Crippen molar-refractivity contribution in [3.8, 4) is 0 Å². The monoisotopic (exact) mass is 834 g/mol. The maximum Gasteiger partial charge on any atom is 0.490 e. The number of hydrogen-bond donors (Lipinski definition) is 5. The van der Waals surface area contributed by atoms with Crippen LogP contribution in [0.25, 0.3) is 11.0 Å². The molecule has 5 rings (SSSR count). The molecule has 1 saturated heterocycles. The van der Waals surface area contributed by atoms with E-state index in [0.717, 1.165) is 41.3 Å². The molecule has 0 spiro atoms. The molecule has 3 aromatic heterocycles. The van der Waals surface area contributed by atoms with E-state index in [0.29, 0.717) is 26.2 Å². The number of nitrogens with two attached hydrogens (primary N) is 2. The fraction of sp³-hybridized carbons (Fsp3) is 0.394. The Labute approximate surface area is 324 Å². The summed E-state index contributed by atoms with van der Waals surface area (Å²) < 4.78 is 67.3. The molecule has 1 aliphatic heterocycles. The standard InChI is InChI=1S/C29H35ClN10O3.2C2HF3O2/c1-3-39-21-14-19(15-24(42)38-12-10-37(11-13-38)22-6-4-5-9-33-22)7-8-20(21)40(17-18(2)41)23(39)16-34-29(43)25-27(31)36-28(32)26(30)35-25;2*3-2(4,5)1(6)7/h4-9,14,18,41H,3,10-13,15-17H2,1-2H3,(H4-,31,32,34,36,43);2*(H,6,7)/t18-;;/m0../s1. The molecular formula is C33H37ClF6N10O7. The molecule has 0 aliphatic carbocycles. The average Bonchev–Trinajstić information content (AvgIpc) is 3.42. The maximum absolute atomic E-state index is 13.3. The van der Waals surface area contributed by atoms with E-state index in [-0.39, 0.29) is 41.4 Å². The summed E-state index contributed by atoms with van der Waals surface area (Å²) in [6.45, 7) is 7.46. The van der Waals surface area contributed by atoms with Crippen molar-refractivity contribution in [2.45, 2.75) is 58.4 Å². The quantitative estimate of drug-likeness (QED) is 0.117. The molecule has 0 bridgehead atoms. The second-order valence-corrected chi connectivity index (χ2v) is 12.4. The van der Waals surface area contributed by atoms with Gasteiger partial charge in [0.15, 0.2) is 33.5 Å². The lowest BCUT2D eigenvalue weighted by atomic mass is 10.1. The van der Waals surface area contributed by atoms with E-state index in [1.807, 2.05) is 52.8 Å². The van der Waals surface area contributed by atoms with E-state index in [1.54, 1.807) is 13.1 Å². The SMILES string of the molecule is CCn1c(CNC(=O)c2nc(Cl)c(N)nc2N)[n+](C[C@H](C)O)c2ccc(CC(=O)N3CCN(c4ccccn4)CC3)cc21.O=C(O)C(F)(F)F.O=C([O-])C(F)(F)F. The van der Waals surface area contributed by atoms with Crippen molar-refractivity contribution in [2.75, 3.05) is 42.5 Å². The lowest BCUT2D eigenvalue weighted by Gasteiger charge is -2.35. The third-order valence-electron chi connectivity index (χ3n) is 7.97. The minimum Gasteiger partial charge on any atom is -0.542 e. The Morgan fingerprint density at radius 1 is 1.00 bits per heavy atom. The Bertz CT molecular complexity index is 2040.